The summed E-state index contributed by atoms with van der Waals surface area (Å²) >= 11 is 0. The molecule has 0 aliphatic carbocycles. The van der Waals surface area contributed by atoms with E-state index in [-0.39, 0.29) is 23.8 Å². The van der Waals surface area contributed by atoms with Crippen LogP contribution in [0.1, 0.15) is 41.6 Å². The summed E-state index contributed by atoms with van der Waals surface area (Å²) < 4.78 is 11.2. The molecule has 1 fully saturated rings. The Labute approximate surface area is 152 Å². The van der Waals surface area contributed by atoms with Crippen LogP contribution in [-0.2, 0) is 4.79 Å². The molecule has 2 unspecified atom stereocenters. The van der Waals surface area contributed by atoms with E-state index in [1.54, 1.807) is 23.2 Å². The number of hydrogen-bond acceptors (Lipinski definition) is 5. The molecule has 26 heavy (non-hydrogen) atoms. The topological polar surface area (TPSA) is 84.7 Å². The number of rotatable bonds is 5. The fraction of sp³-hybridized carbons (Fsp3) is 0.421. The SMILES string of the molecule is CCOc1ncccc1C(=O)N1CC(NC(C)=O)C(c2ccc(C)o2)C1. The molecular weight excluding hydrogens is 334 g/mol. The summed E-state index contributed by atoms with van der Waals surface area (Å²) in [6.07, 6.45) is 1.60. The normalized spacial score (nSPS) is 19.4. The number of likely N-dealkylation sites (tertiary alicyclic amines) is 1. The van der Waals surface area contributed by atoms with Gasteiger partial charge in [-0.2, -0.15) is 0 Å². The van der Waals surface area contributed by atoms with Gasteiger partial charge in [-0.15, -0.1) is 0 Å². The van der Waals surface area contributed by atoms with Crippen molar-refractivity contribution >= 4 is 11.8 Å². The van der Waals surface area contributed by atoms with E-state index >= 15 is 0 Å². The lowest BCUT2D eigenvalue weighted by Crippen LogP contribution is -2.39. The minimum Gasteiger partial charge on any atom is -0.477 e. The smallest absolute Gasteiger partial charge is 0.259 e. The van der Waals surface area contributed by atoms with Crippen LogP contribution >= 0.6 is 0 Å². The van der Waals surface area contributed by atoms with E-state index in [1.165, 1.54) is 6.92 Å². The van der Waals surface area contributed by atoms with Crippen molar-refractivity contribution in [1.82, 2.24) is 15.2 Å². The van der Waals surface area contributed by atoms with Crippen LogP contribution in [0.5, 0.6) is 5.88 Å². The fourth-order valence-corrected chi connectivity index (χ4v) is 3.29. The summed E-state index contributed by atoms with van der Waals surface area (Å²) in [5.41, 5.74) is 0.423. The second kappa shape index (κ2) is 7.59. The molecule has 3 rings (SSSR count). The van der Waals surface area contributed by atoms with E-state index in [4.69, 9.17) is 9.15 Å². The van der Waals surface area contributed by atoms with Crippen LogP contribution in [0, 0.1) is 6.92 Å². The number of nitrogens with one attached hydrogen (secondary N) is 1. The first kappa shape index (κ1) is 18.0. The Kier molecular flexibility index (Phi) is 5.25. The van der Waals surface area contributed by atoms with Gasteiger partial charge in [0.15, 0.2) is 0 Å². The second-order valence-corrected chi connectivity index (χ2v) is 6.36. The predicted molar refractivity (Wildman–Crippen MR) is 95.1 cm³/mol. The zero-order chi connectivity index (χ0) is 18.7. The maximum atomic E-state index is 13.0. The molecule has 0 aromatic carbocycles. The fourth-order valence-electron chi connectivity index (χ4n) is 3.29. The van der Waals surface area contributed by atoms with Crippen LogP contribution in [0.2, 0.25) is 0 Å². The van der Waals surface area contributed by atoms with Crippen molar-refractivity contribution in [3.63, 3.8) is 0 Å². The van der Waals surface area contributed by atoms with Crippen LogP contribution in [-0.4, -0.2) is 47.4 Å². The highest BCUT2D eigenvalue weighted by atomic mass is 16.5. The molecule has 0 bridgehead atoms. The molecule has 2 aromatic rings. The van der Waals surface area contributed by atoms with Gasteiger partial charge in [0.25, 0.3) is 5.91 Å². The molecule has 1 aliphatic heterocycles. The van der Waals surface area contributed by atoms with Gasteiger partial charge in [0.1, 0.15) is 17.1 Å². The molecule has 2 amide bonds. The third-order valence-electron chi connectivity index (χ3n) is 4.40. The molecule has 138 valence electrons. The van der Waals surface area contributed by atoms with Crippen LogP contribution in [0.25, 0.3) is 0 Å². The van der Waals surface area contributed by atoms with Crippen LogP contribution in [0.3, 0.4) is 0 Å². The molecular formula is C19H23N3O4. The number of aryl methyl sites for hydroxylation is 1. The number of amides is 2. The first-order valence-electron chi connectivity index (χ1n) is 8.70. The van der Waals surface area contributed by atoms with Crippen molar-refractivity contribution in [2.75, 3.05) is 19.7 Å². The van der Waals surface area contributed by atoms with Crippen LogP contribution < -0.4 is 10.1 Å². The largest absolute Gasteiger partial charge is 0.477 e. The zero-order valence-corrected chi connectivity index (χ0v) is 15.2. The summed E-state index contributed by atoms with van der Waals surface area (Å²) in [5.74, 6) is 1.51. The Morgan fingerprint density at radius 1 is 1.35 bits per heavy atom. The van der Waals surface area contributed by atoms with Gasteiger partial charge >= 0.3 is 0 Å². The standard InChI is InChI=1S/C19H23N3O4/c1-4-25-18-14(6-5-9-20-18)19(24)22-10-15(16(11-22)21-13(3)23)17-8-7-12(2)26-17/h5-9,15-16H,4,10-11H2,1-3H3,(H,21,23). The zero-order valence-electron chi connectivity index (χ0n) is 15.2. The lowest BCUT2D eigenvalue weighted by molar-refractivity contribution is -0.119. The minimum atomic E-state index is -0.200. The van der Waals surface area contributed by atoms with Gasteiger partial charge in [0, 0.05) is 26.2 Å². The summed E-state index contributed by atoms with van der Waals surface area (Å²) in [6.45, 7) is 6.49. The lowest BCUT2D eigenvalue weighted by atomic mass is 10.0. The summed E-state index contributed by atoms with van der Waals surface area (Å²) in [6, 6.07) is 7.01. The quantitative estimate of drug-likeness (QED) is 0.886. The average molecular weight is 357 g/mol. The van der Waals surface area contributed by atoms with Gasteiger partial charge < -0.3 is 19.4 Å². The van der Waals surface area contributed by atoms with Gasteiger partial charge in [-0.05, 0) is 38.1 Å². The third kappa shape index (κ3) is 3.71. The number of carbonyl (C=O) groups is 2. The van der Waals surface area contributed by atoms with Crippen LogP contribution in [0.4, 0.5) is 0 Å². The maximum absolute atomic E-state index is 13.0. The molecule has 1 saturated heterocycles. The molecule has 7 heteroatoms. The highest BCUT2D eigenvalue weighted by molar-refractivity contribution is 5.96. The number of furan rings is 1. The van der Waals surface area contributed by atoms with Gasteiger partial charge in [0.05, 0.1) is 18.6 Å². The van der Waals surface area contributed by atoms with E-state index in [2.05, 4.69) is 10.3 Å². The van der Waals surface area contributed by atoms with Gasteiger partial charge in [-0.1, -0.05) is 0 Å². The van der Waals surface area contributed by atoms with Crippen molar-refractivity contribution < 1.29 is 18.7 Å². The van der Waals surface area contributed by atoms with E-state index in [0.29, 0.717) is 31.1 Å². The van der Waals surface area contributed by atoms with Crippen molar-refractivity contribution in [2.24, 2.45) is 0 Å². The lowest BCUT2D eigenvalue weighted by Gasteiger charge is -2.18. The highest BCUT2D eigenvalue weighted by Crippen LogP contribution is 2.31. The summed E-state index contributed by atoms with van der Waals surface area (Å²) in [4.78, 5) is 30.5. The summed E-state index contributed by atoms with van der Waals surface area (Å²) in [7, 11) is 0. The monoisotopic (exact) mass is 357 g/mol. The van der Waals surface area contributed by atoms with Gasteiger partial charge in [-0.25, -0.2) is 4.98 Å². The van der Waals surface area contributed by atoms with Crippen molar-refractivity contribution in [3.8, 4) is 5.88 Å². The maximum Gasteiger partial charge on any atom is 0.259 e. The Balaban J connectivity index is 1.85. The number of pyridine rings is 1. The molecule has 3 heterocycles. The molecule has 0 saturated carbocycles. The molecule has 1 aliphatic rings. The Morgan fingerprint density at radius 3 is 2.81 bits per heavy atom. The van der Waals surface area contributed by atoms with Crippen molar-refractivity contribution in [3.05, 3.63) is 47.5 Å². The Hall–Kier alpha value is -2.83. The van der Waals surface area contributed by atoms with E-state index in [1.807, 2.05) is 26.0 Å². The predicted octanol–water partition coefficient (Wildman–Crippen LogP) is 2.13. The van der Waals surface area contributed by atoms with Crippen molar-refractivity contribution in [2.45, 2.75) is 32.7 Å². The minimum absolute atomic E-state index is 0.0937. The first-order chi connectivity index (χ1) is 12.5. The van der Waals surface area contributed by atoms with Crippen LogP contribution in [0.15, 0.2) is 34.9 Å². The number of ether oxygens (including phenoxy) is 1. The number of nitrogens with zero attached hydrogens (tertiary/aromatic N) is 2. The molecule has 2 aromatic heterocycles. The Morgan fingerprint density at radius 2 is 2.15 bits per heavy atom. The third-order valence-corrected chi connectivity index (χ3v) is 4.40. The highest BCUT2D eigenvalue weighted by Gasteiger charge is 2.39. The van der Waals surface area contributed by atoms with Gasteiger partial charge in [0.2, 0.25) is 11.8 Å². The molecule has 1 N–H and O–H groups in total. The Bertz CT molecular complexity index is 802. The van der Waals surface area contributed by atoms with E-state index < -0.39 is 0 Å². The average Bonchev–Trinajstić information content (AvgIpc) is 3.21. The van der Waals surface area contributed by atoms with Crippen molar-refractivity contribution in [1.29, 1.82) is 0 Å². The first-order valence-corrected chi connectivity index (χ1v) is 8.70. The number of aromatic nitrogens is 1. The number of carbonyl (C=O) groups excluding carboxylic acids is 2. The second-order valence-electron chi connectivity index (χ2n) is 6.36. The number of hydrogen-bond donors (Lipinski definition) is 1. The van der Waals surface area contributed by atoms with Gasteiger partial charge in [-0.3, -0.25) is 9.59 Å². The van der Waals surface area contributed by atoms with E-state index in [0.717, 1.165) is 11.5 Å². The molecule has 2 atom stereocenters. The molecule has 7 nitrogen and oxygen atoms in total. The molecule has 0 spiro atoms. The van der Waals surface area contributed by atoms with E-state index in [9.17, 15) is 9.59 Å². The summed E-state index contributed by atoms with van der Waals surface area (Å²) in [5, 5.41) is 2.94. The molecule has 0 radical (unpaired) electrons.